The van der Waals surface area contributed by atoms with Crippen LogP contribution in [0.25, 0.3) is 0 Å². The monoisotopic (exact) mass is 291 g/mol. The normalized spacial score (nSPS) is 22.4. The first-order valence-electron chi connectivity index (χ1n) is 7.03. The van der Waals surface area contributed by atoms with E-state index < -0.39 is 12.1 Å². The number of ether oxygens (including phenoxy) is 1. The summed E-state index contributed by atoms with van der Waals surface area (Å²) in [5.41, 5.74) is 0.872. The molecule has 1 aromatic heterocycles. The standard InChI is InChI=1S/C15H21N3O3/c1-9(2)13-14(19)17-10(3)15(20)18(13)8-11-5-6-12(21-4)16-7-11/h5-7,9-10,13H,8H2,1-4H3,(H,17,19). The smallest absolute Gasteiger partial charge is 0.245 e. The van der Waals surface area contributed by atoms with Gasteiger partial charge in [0.25, 0.3) is 0 Å². The highest BCUT2D eigenvalue weighted by Crippen LogP contribution is 2.20. The van der Waals surface area contributed by atoms with Crippen molar-refractivity contribution in [2.45, 2.75) is 39.4 Å². The molecule has 2 amide bonds. The number of piperazine rings is 1. The number of amides is 2. The summed E-state index contributed by atoms with van der Waals surface area (Å²) in [5, 5.41) is 2.73. The Labute approximate surface area is 124 Å². The summed E-state index contributed by atoms with van der Waals surface area (Å²) in [7, 11) is 1.55. The summed E-state index contributed by atoms with van der Waals surface area (Å²) in [5.74, 6) is 0.408. The molecule has 2 unspecified atom stereocenters. The molecule has 6 heteroatoms. The van der Waals surface area contributed by atoms with Crippen LogP contribution in [0.15, 0.2) is 18.3 Å². The first-order chi connectivity index (χ1) is 9.93. The fourth-order valence-corrected chi connectivity index (χ4v) is 2.55. The van der Waals surface area contributed by atoms with Gasteiger partial charge < -0.3 is 15.0 Å². The van der Waals surface area contributed by atoms with E-state index in [-0.39, 0.29) is 17.7 Å². The molecule has 0 saturated carbocycles. The lowest BCUT2D eigenvalue weighted by molar-refractivity contribution is -0.151. The molecular formula is C15H21N3O3. The van der Waals surface area contributed by atoms with Crippen LogP contribution in [0.4, 0.5) is 0 Å². The zero-order valence-corrected chi connectivity index (χ0v) is 12.8. The van der Waals surface area contributed by atoms with E-state index in [1.165, 1.54) is 0 Å². The van der Waals surface area contributed by atoms with Crippen molar-refractivity contribution in [1.82, 2.24) is 15.2 Å². The van der Waals surface area contributed by atoms with E-state index >= 15 is 0 Å². The molecular weight excluding hydrogens is 270 g/mol. The Bertz CT molecular complexity index is 527. The second kappa shape index (κ2) is 6.11. The van der Waals surface area contributed by atoms with Crippen molar-refractivity contribution in [3.63, 3.8) is 0 Å². The van der Waals surface area contributed by atoms with Gasteiger partial charge in [0.1, 0.15) is 12.1 Å². The maximum absolute atomic E-state index is 12.4. The molecule has 0 spiro atoms. The number of hydrogen-bond donors (Lipinski definition) is 1. The summed E-state index contributed by atoms with van der Waals surface area (Å²) in [6.45, 7) is 5.95. The molecule has 0 bridgehead atoms. The molecule has 1 aliphatic rings. The molecule has 1 saturated heterocycles. The van der Waals surface area contributed by atoms with Gasteiger partial charge >= 0.3 is 0 Å². The third kappa shape index (κ3) is 3.15. The number of pyridine rings is 1. The summed E-state index contributed by atoms with van der Waals surface area (Å²) in [6, 6.07) is 2.67. The lowest BCUT2D eigenvalue weighted by Crippen LogP contribution is -2.63. The van der Waals surface area contributed by atoms with E-state index in [0.717, 1.165) is 5.56 Å². The van der Waals surface area contributed by atoms with E-state index in [2.05, 4.69) is 10.3 Å². The van der Waals surface area contributed by atoms with Crippen LogP contribution in [-0.2, 0) is 16.1 Å². The Morgan fingerprint density at radius 1 is 1.38 bits per heavy atom. The number of nitrogens with zero attached hydrogens (tertiary/aromatic N) is 2. The third-order valence-corrected chi connectivity index (χ3v) is 3.61. The van der Waals surface area contributed by atoms with Crippen molar-refractivity contribution in [3.05, 3.63) is 23.9 Å². The Balaban J connectivity index is 2.23. The van der Waals surface area contributed by atoms with Gasteiger partial charge in [-0.15, -0.1) is 0 Å². The number of carbonyl (C=O) groups excluding carboxylic acids is 2. The lowest BCUT2D eigenvalue weighted by atomic mass is 9.97. The average molecular weight is 291 g/mol. The SMILES string of the molecule is COc1ccc(CN2C(=O)C(C)NC(=O)C2C(C)C)cn1. The van der Waals surface area contributed by atoms with Crippen molar-refractivity contribution >= 4 is 11.8 Å². The Kier molecular flexibility index (Phi) is 4.45. The molecule has 2 atom stereocenters. The van der Waals surface area contributed by atoms with E-state index in [1.54, 1.807) is 31.2 Å². The molecule has 1 fully saturated rings. The van der Waals surface area contributed by atoms with Gasteiger partial charge in [0.2, 0.25) is 17.7 Å². The molecule has 2 heterocycles. The second-order valence-electron chi connectivity index (χ2n) is 5.59. The van der Waals surface area contributed by atoms with Crippen LogP contribution >= 0.6 is 0 Å². The Morgan fingerprint density at radius 2 is 2.10 bits per heavy atom. The average Bonchev–Trinajstić information content (AvgIpc) is 2.44. The maximum atomic E-state index is 12.4. The van der Waals surface area contributed by atoms with E-state index in [0.29, 0.717) is 12.4 Å². The highest BCUT2D eigenvalue weighted by Gasteiger charge is 2.40. The van der Waals surface area contributed by atoms with Crippen molar-refractivity contribution < 1.29 is 14.3 Å². The summed E-state index contributed by atoms with van der Waals surface area (Å²) >= 11 is 0. The predicted octanol–water partition coefficient (Wildman–Crippen LogP) is 0.962. The van der Waals surface area contributed by atoms with Crippen LogP contribution in [-0.4, -0.2) is 40.9 Å². The minimum absolute atomic E-state index is 0.0488. The molecule has 114 valence electrons. The van der Waals surface area contributed by atoms with Gasteiger partial charge in [-0.25, -0.2) is 4.98 Å². The van der Waals surface area contributed by atoms with Crippen LogP contribution in [0, 0.1) is 5.92 Å². The fourth-order valence-electron chi connectivity index (χ4n) is 2.55. The minimum Gasteiger partial charge on any atom is -0.481 e. The molecule has 2 rings (SSSR count). The van der Waals surface area contributed by atoms with Crippen LogP contribution in [0.5, 0.6) is 5.88 Å². The molecule has 1 aliphatic heterocycles. The Morgan fingerprint density at radius 3 is 2.62 bits per heavy atom. The first kappa shape index (κ1) is 15.3. The molecule has 0 radical (unpaired) electrons. The summed E-state index contributed by atoms with van der Waals surface area (Å²) in [4.78, 5) is 30.3. The first-order valence-corrected chi connectivity index (χ1v) is 7.03. The van der Waals surface area contributed by atoms with E-state index in [4.69, 9.17) is 4.74 Å². The van der Waals surface area contributed by atoms with Crippen LogP contribution < -0.4 is 10.1 Å². The number of hydrogen-bond acceptors (Lipinski definition) is 4. The number of carbonyl (C=O) groups is 2. The number of rotatable bonds is 4. The van der Waals surface area contributed by atoms with Crippen molar-refractivity contribution in [3.8, 4) is 5.88 Å². The van der Waals surface area contributed by atoms with Crippen LogP contribution in [0.2, 0.25) is 0 Å². The van der Waals surface area contributed by atoms with Gasteiger partial charge in [-0.3, -0.25) is 9.59 Å². The predicted molar refractivity (Wildman–Crippen MR) is 77.6 cm³/mol. The van der Waals surface area contributed by atoms with Crippen LogP contribution in [0.1, 0.15) is 26.3 Å². The third-order valence-electron chi connectivity index (χ3n) is 3.61. The molecule has 0 aliphatic carbocycles. The van der Waals surface area contributed by atoms with Crippen molar-refractivity contribution in [1.29, 1.82) is 0 Å². The van der Waals surface area contributed by atoms with Crippen molar-refractivity contribution in [2.24, 2.45) is 5.92 Å². The highest BCUT2D eigenvalue weighted by atomic mass is 16.5. The zero-order valence-electron chi connectivity index (χ0n) is 12.8. The van der Waals surface area contributed by atoms with Gasteiger partial charge in [-0.05, 0) is 18.4 Å². The molecule has 0 aromatic carbocycles. The van der Waals surface area contributed by atoms with E-state index in [9.17, 15) is 9.59 Å². The molecule has 21 heavy (non-hydrogen) atoms. The van der Waals surface area contributed by atoms with Crippen molar-refractivity contribution in [2.75, 3.05) is 7.11 Å². The lowest BCUT2D eigenvalue weighted by Gasteiger charge is -2.39. The quantitative estimate of drug-likeness (QED) is 0.897. The topological polar surface area (TPSA) is 71.5 Å². The number of nitrogens with one attached hydrogen (secondary N) is 1. The van der Waals surface area contributed by atoms with Gasteiger partial charge in [-0.2, -0.15) is 0 Å². The zero-order chi connectivity index (χ0) is 15.6. The number of methoxy groups -OCH3 is 1. The molecule has 1 aromatic rings. The molecule has 6 nitrogen and oxygen atoms in total. The van der Waals surface area contributed by atoms with Gasteiger partial charge in [0.05, 0.1) is 7.11 Å². The van der Waals surface area contributed by atoms with Gasteiger partial charge in [-0.1, -0.05) is 19.9 Å². The summed E-state index contributed by atoms with van der Waals surface area (Å²) in [6.07, 6.45) is 1.67. The minimum atomic E-state index is -0.487. The maximum Gasteiger partial charge on any atom is 0.245 e. The Hall–Kier alpha value is -2.11. The fraction of sp³-hybridized carbons (Fsp3) is 0.533. The summed E-state index contributed by atoms with van der Waals surface area (Å²) < 4.78 is 5.02. The van der Waals surface area contributed by atoms with Crippen LogP contribution in [0.3, 0.4) is 0 Å². The largest absolute Gasteiger partial charge is 0.481 e. The molecule has 1 N–H and O–H groups in total. The van der Waals surface area contributed by atoms with Gasteiger partial charge in [0.15, 0.2) is 0 Å². The second-order valence-corrected chi connectivity index (χ2v) is 5.59. The van der Waals surface area contributed by atoms with E-state index in [1.807, 2.05) is 19.9 Å². The number of aromatic nitrogens is 1. The van der Waals surface area contributed by atoms with Gasteiger partial charge in [0, 0.05) is 18.8 Å². The highest BCUT2D eigenvalue weighted by molar-refractivity contribution is 5.96.